The van der Waals surface area contributed by atoms with Crippen LogP contribution in [0.2, 0.25) is 0 Å². The Kier molecular flexibility index (Phi) is 3.68. The highest BCUT2D eigenvalue weighted by molar-refractivity contribution is 5.89. The minimum atomic E-state index is 0.762. The Labute approximate surface area is 178 Å². The van der Waals surface area contributed by atoms with Gasteiger partial charge in [0.1, 0.15) is 0 Å². The monoisotopic (exact) mass is 388 g/mol. The van der Waals surface area contributed by atoms with Crippen molar-refractivity contribution in [2.75, 3.05) is 0 Å². The molecule has 148 valence electrons. The van der Waals surface area contributed by atoms with E-state index in [9.17, 15) is 0 Å². The highest BCUT2D eigenvalue weighted by Gasteiger charge is 2.43. The lowest BCUT2D eigenvalue weighted by atomic mass is 9.57. The van der Waals surface area contributed by atoms with Gasteiger partial charge in [-0.25, -0.2) is 0 Å². The Morgan fingerprint density at radius 2 is 0.967 bits per heavy atom. The van der Waals surface area contributed by atoms with E-state index in [1.54, 1.807) is 22.3 Å². The van der Waals surface area contributed by atoms with E-state index in [0.717, 1.165) is 23.7 Å². The van der Waals surface area contributed by atoms with Crippen LogP contribution in [-0.4, -0.2) is 0 Å². The SMILES string of the molecule is c1ccc2c3c(ccc2c1)CC[C@H]1C[C@H]2c4c(ccc5ccccc45)CC[C@@H]2C[C@H]31. The summed E-state index contributed by atoms with van der Waals surface area (Å²) in [6, 6.07) is 27.8. The summed E-state index contributed by atoms with van der Waals surface area (Å²) in [5.41, 5.74) is 6.70. The van der Waals surface area contributed by atoms with Crippen LogP contribution in [0.5, 0.6) is 0 Å². The number of fused-ring (bicyclic) bond motifs is 10. The molecule has 1 saturated carbocycles. The molecule has 0 heterocycles. The molecule has 7 rings (SSSR count). The molecule has 0 aromatic heterocycles. The van der Waals surface area contributed by atoms with Gasteiger partial charge in [-0.05, 0) is 106 Å². The van der Waals surface area contributed by atoms with Crippen molar-refractivity contribution < 1.29 is 0 Å². The van der Waals surface area contributed by atoms with Gasteiger partial charge in [0.15, 0.2) is 0 Å². The third-order valence-electron chi connectivity index (χ3n) is 8.68. The number of aryl methyl sites for hydroxylation is 2. The van der Waals surface area contributed by atoms with Crippen LogP contribution in [-0.2, 0) is 12.8 Å². The molecule has 4 atom stereocenters. The normalized spacial score (nSPS) is 27.2. The standard InChI is InChI=1S/C30H28/c1-3-7-25-19(5-1)9-11-21-13-15-23-18-28-24(17-27(23)29(21)25)16-14-22-12-10-20-6-2-4-8-26(20)30(22)28/h1-12,23-24,27-28H,13-18H2/t23-,24+,27-,28+. The first-order chi connectivity index (χ1) is 14.9. The molecule has 0 spiro atoms. The molecule has 0 saturated heterocycles. The first kappa shape index (κ1) is 17.1. The van der Waals surface area contributed by atoms with E-state index < -0.39 is 0 Å². The fourth-order valence-electron chi connectivity index (χ4n) is 7.39. The fraction of sp³-hybridized carbons (Fsp3) is 0.333. The van der Waals surface area contributed by atoms with Crippen molar-refractivity contribution in [1.29, 1.82) is 0 Å². The highest BCUT2D eigenvalue weighted by Crippen LogP contribution is 2.57. The van der Waals surface area contributed by atoms with Gasteiger partial charge in [0.2, 0.25) is 0 Å². The summed E-state index contributed by atoms with van der Waals surface area (Å²) in [6.07, 6.45) is 8.05. The van der Waals surface area contributed by atoms with Crippen LogP contribution in [0.25, 0.3) is 21.5 Å². The Bertz CT molecular complexity index is 1180. The molecule has 3 aliphatic rings. The zero-order valence-corrected chi connectivity index (χ0v) is 17.5. The quantitative estimate of drug-likeness (QED) is 0.288. The molecule has 4 aromatic carbocycles. The second-order valence-corrected chi connectivity index (χ2v) is 10.0. The molecule has 0 amide bonds. The summed E-state index contributed by atoms with van der Waals surface area (Å²) in [5.74, 6) is 3.21. The lowest BCUT2D eigenvalue weighted by Gasteiger charge is -2.48. The van der Waals surface area contributed by atoms with Crippen molar-refractivity contribution >= 4 is 21.5 Å². The summed E-state index contributed by atoms with van der Waals surface area (Å²) >= 11 is 0. The van der Waals surface area contributed by atoms with E-state index in [2.05, 4.69) is 72.8 Å². The zero-order chi connectivity index (χ0) is 19.7. The van der Waals surface area contributed by atoms with Gasteiger partial charge in [-0.2, -0.15) is 0 Å². The molecule has 0 radical (unpaired) electrons. The van der Waals surface area contributed by atoms with Crippen LogP contribution in [0.3, 0.4) is 0 Å². The van der Waals surface area contributed by atoms with E-state index in [4.69, 9.17) is 0 Å². The molecule has 0 bridgehead atoms. The third-order valence-corrected chi connectivity index (χ3v) is 8.68. The molecule has 0 heteroatoms. The lowest BCUT2D eigenvalue weighted by Crippen LogP contribution is -2.35. The molecule has 30 heavy (non-hydrogen) atoms. The summed E-state index contributed by atoms with van der Waals surface area (Å²) < 4.78 is 0. The smallest absolute Gasteiger partial charge is 0.0122 e. The molecular weight excluding hydrogens is 360 g/mol. The maximum atomic E-state index is 2.43. The fourth-order valence-corrected chi connectivity index (χ4v) is 7.39. The van der Waals surface area contributed by atoms with Crippen LogP contribution < -0.4 is 0 Å². The van der Waals surface area contributed by atoms with Crippen LogP contribution in [0.1, 0.15) is 59.8 Å². The average molecular weight is 389 g/mol. The van der Waals surface area contributed by atoms with E-state index in [-0.39, 0.29) is 0 Å². The maximum absolute atomic E-state index is 2.43. The summed E-state index contributed by atoms with van der Waals surface area (Å²) in [6.45, 7) is 0. The molecule has 0 aliphatic heterocycles. The van der Waals surface area contributed by atoms with Crippen LogP contribution in [0, 0.1) is 11.8 Å². The minimum absolute atomic E-state index is 0.762. The Morgan fingerprint density at radius 1 is 0.500 bits per heavy atom. The van der Waals surface area contributed by atoms with E-state index >= 15 is 0 Å². The largest absolute Gasteiger partial charge is 0.0616 e. The van der Waals surface area contributed by atoms with Gasteiger partial charge >= 0.3 is 0 Å². The molecule has 1 fully saturated rings. The topological polar surface area (TPSA) is 0 Å². The van der Waals surface area contributed by atoms with E-state index in [0.29, 0.717) is 0 Å². The van der Waals surface area contributed by atoms with Gasteiger partial charge in [0.05, 0.1) is 0 Å². The second kappa shape index (κ2) is 6.45. The summed E-state index contributed by atoms with van der Waals surface area (Å²) in [7, 11) is 0. The molecule has 4 aromatic rings. The molecule has 0 unspecified atom stereocenters. The van der Waals surface area contributed by atoms with Crippen molar-refractivity contribution in [2.24, 2.45) is 11.8 Å². The number of benzene rings is 4. The first-order valence-electron chi connectivity index (χ1n) is 11.9. The predicted octanol–water partition coefficient (Wildman–Crippen LogP) is 7.78. The molecule has 0 N–H and O–H groups in total. The van der Waals surface area contributed by atoms with E-state index in [1.807, 2.05) is 0 Å². The Balaban J connectivity index is 1.35. The van der Waals surface area contributed by atoms with Gasteiger partial charge in [0.25, 0.3) is 0 Å². The maximum Gasteiger partial charge on any atom is -0.0122 e. The van der Waals surface area contributed by atoms with Crippen LogP contribution in [0.15, 0.2) is 72.8 Å². The minimum Gasteiger partial charge on any atom is -0.0616 e. The number of hydrogen-bond acceptors (Lipinski definition) is 0. The molecule has 0 nitrogen and oxygen atoms in total. The Morgan fingerprint density at radius 3 is 1.47 bits per heavy atom. The predicted molar refractivity (Wildman–Crippen MR) is 126 cm³/mol. The zero-order valence-electron chi connectivity index (χ0n) is 17.5. The van der Waals surface area contributed by atoms with Crippen molar-refractivity contribution in [2.45, 2.75) is 50.4 Å². The van der Waals surface area contributed by atoms with E-state index in [1.165, 1.54) is 60.1 Å². The van der Waals surface area contributed by atoms with Gasteiger partial charge in [-0.3, -0.25) is 0 Å². The van der Waals surface area contributed by atoms with Gasteiger partial charge < -0.3 is 0 Å². The molecule has 3 aliphatic carbocycles. The first-order valence-corrected chi connectivity index (χ1v) is 11.9. The van der Waals surface area contributed by atoms with Crippen molar-refractivity contribution in [1.82, 2.24) is 0 Å². The summed E-state index contributed by atoms with van der Waals surface area (Å²) in [5, 5.41) is 5.92. The van der Waals surface area contributed by atoms with Gasteiger partial charge in [0, 0.05) is 0 Å². The third kappa shape index (κ3) is 2.40. The van der Waals surface area contributed by atoms with Gasteiger partial charge in [-0.15, -0.1) is 0 Å². The Hall–Kier alpha value is -2.60. The van der Waals surface area contributed by atoms with Crippen molar-refractivity contribution in [3.8, 4) is 0 Å². The second-order valence-electron chi connectivity index (χ2n) is 10.0. The van der Waals surface area contributed by atoms with Crippen molar-refractivity contribution in [3.05, 3.63) is 95.1 Å². The number of hydrogen-bond donors (Lipinski definition) is 0. The van der Waals surface area contributed by atoms with Gasteiger partial charge in [-0.1, -0.05) is 72.8 Å². The van der Waals surface area contributed by atoms with Crippen LogP contribution >= 0.6 is 0 Å². The lowest BCUT2D eigenvalue weighted by molar-refractivity contribution is 0.171. The average Bonchev–Trinajstić information content (AvgIpc) is 2.82. The number of rotatable bonds is 0. The highest BCUT2D eigenvalue weighted by atomic mass is 14.5. The molecular formula is C30H28. The summed E-state index contributed by atoms with van der Waals surface area (Å²) in [4.78, 5) is 0. The van der Waals surface area contributed by atoms with Crippen LogP contribution in [0.4, 0.5) is 0 Å². The van der Waals surface area contributed by atoms with Crippen molar-refractivity contribution in [3.63, 3.8) is 0 Å².